The van der Waals surface area contributed by atoms with Crippen molar-refractivity contribution >= 4 is 28.1 Å². The van der Waals surface area contributed by atoms with E-state index in [2.05, 4.69) is 20.5 Å². The van der Waals surface area contributed by atoms with E-state index in [0.717, 1.165) is 16.9 Å². The zero-order valence-corrected chi connectivity index (χ0v) is 11.8. The Morgan fingerprint density at radius 3 is 2.67 bits per heavy atom. The fourth-order valence-corrected chi connectivity index (χ4v) is 2.54. The highest BCUT2D eigenvalue weighted by Crippen LogP contribution is 2.22. The number of hydrogen-bond donors (Lipinski definition) is 2. The van der Waals surface area contributed by atoms with E-state index in [1.165, 1.54) is 6.39 Å². The van der Waals surface area contributed by atoms with E-state index >= 15 is 0 Å². The molecule has 3 aromatic rings. The number of nitrogens with one attached hydrogen (secondary N) is 1. The number of nitrogen functional groups attached to an aromatic ring is 1. The standard InChI is InChI=1S/C13H11N5O2S/c1-7-10(21-13(14)16-7)11(19)17-9-4-2-8(3-5-9)12-18-15-6-20-12/h2-6H,1H3,(H2,14,16)(H,17,19). The van der Waals surface area contributed by atoms with Gasteiger partial charge in [-0.25, -0.2) is 4.98 Å². The molecule has 1 aromatic carbocycles. The molecular weight excluding hydrogens is 290 g/mol. The van der Waals surface area contributed by atoms with Crippen molar-refractivity contribution in [3.05, 3.63) is 41.2 Å². The van der Waals surface area contributed by atoms with E-state index in [1.54, 1.807) is 31.2 Å². The molecule has 0 aliphatic rings. The molecule has 8 heteroatoms. The zero-order valence-electron chi connectivity index (χ0n) is 11.0. The van der Waals surface area contributed by atoms with Crippen LogP contribution >= 0.6 is 11.3 Å². The molecule has 0 saturated carbocycles. The number of nitrogens with two attached hydrogens (primary N) is 1. The van der Waals surface area contributed by atoms with Gasteiger partial charge in [0.05, 0.1) is 5.69 Å². The van der Waals surface area contributed by atoms with Gasteiger partial charge < -0.3 is 15.5 Å². The van der Waals surface area contributed by atoms with E-state index in [9.17, 15) is 4.79 Å². The predicted octanol–water partition coefficient (Wildman–Crippen LogP) is 2.34. The average molecular weight is 301 g/mol. The van der Waals surface area contributed by atoms with Crippen LogP contribution in [0.5, 0.6) is 0 Å². The number of amides is 1. The van der Waals surface area contributed by atoms with Crippen molar-refractivity contribution in [1.82, 2.24) is 15.2 Å². The maximum absolute atomic E-state index is 12.1. The van der Waals surface area contributed by atoms with Crippen molar-refractivity contribution in [2.75, 3.05) is 11.1 Å². The highest BCUT2D eigenvalue weighted by molar-refractivity contribution is 7.17. The lowest BCUT2D eigenvalue weighted by Gasteiger charge is -2.04. The molecular formula is C13H11N5O2S. The van der Waals surface area contributed by atoms with Gasteiger partial charge in [-0.3, -0.25) is 4.79 Å². The van der Waals surface area contributed by atoms with E-state index in [0.29, 0.717) is 27.3 Å². The van der Waals surface area contributed by atoms with Gasteiger partial charge in [-0.2, -0.15) is 0 Å². The van der Waals surface area contributed by atoms with Crippen molar-refractivity contribution in [2.24, 2.45) is 0 Å². The number of carbonyl (C=O) groups excluding carboxylic acids is 1. The van der Waals surface area contributed by atoms with Crippen LogP contribution in [0.4, 0.5) is 10.8 Å². The third-order valence-electron chi connectivity index (χ3n) is 2.77. The molecule has 3 rings (SSSR count). The lowest BCUT2D eigenvalue weighted by atomic mass is 10.2. The second kappa shape index (κ2) is 5.33. The van der Waals surface area contributed by atoms with Crippen LogP contribution in [-0.2, 0) is 0 Å². The molecule has 21 heavy (non-hydrogen) atoms. The van der Waals surface area contributed by atoms with Gasteiger partial charge >= 0.3 is 0 Å². The minimum absolute atomic E-state index is 0.229. The minimum atomic E-state index is -0.229. The molecule has 0 aliphatic heterocycles. The Hall–Kier alpha value is -2.74. The summed E-state index contributed by atoms with van der Waals surface area (Å²) in [7, 11) is 0. The lowest BCUT2D eigenvalue weighted by Crippen LogP contribution is -2.11. The SMILES string of the molecule is Cc1nc(N)sc1C(=O)Nc1ccc(-c2nnco2)cc1. The van der Waals surface area contributed by atoms with Gasteiger partial charge in [0.2, 0.25) is 12.3 Å². The second-order valence-corrected chi connectivity index (χ2v) is 5.27. The molecule has 0 aliphatic carbocycles. The quantitative estimate of drug-likeness (QED) is 0.769. The molecule has 0 radical (unpaired) electrons. The van der Waals surface area contributed by atoms with Gasteiger partial charge in [-0.15, -0.1) is 10.2 Å². The summed E-state index contributed by atoms with van der Waals surface area (Å²) in [5.41, 5.74) is 7.65. The summed E-state index contributed by atoms with van der Waals surface area (Å²) in [6, 6.07) is 7.10. The van der Waals surface area contributed by atoms with Crippen molar-refractivity contribution in [1.29, 1.82) is 0 Å². The Labute approximate surface area is 123 Å². The van der Waals surface area contributed by atoms with Crippen LogP contribution in [0.25, 0.3) is 11.5 Å². The number of nitrogens with zero attached hydrogens (tertiary/aromatic N) is 3. The first kappa shape index (κ1) is 13.3. The monoisotopic (exact) mass is 301 g/mol. The average Bonchev–Trinajstić information content (AvgIpc) is 3.09. The van der Waals surface area contributed by atoms with E-state index in [1.807, 2.05) is 0 Å². The predicted molar refractivity (Wildman–Crippen MR) is 79.0 cm³/mol. The third-order valence-corrected chi connectivity index (χ3v) is 3.75. The van der Waals surface area contributed by atoms with E-state index in [4.69, 9.17) is 10.2 Å². The molecule has 0 atom stereocenters. The first-order chi connectivity index (χ1) is 10.1. The van der Waals surface area contributed by atoms with Gasteiger partial charge in [0.1, 0.15) is 4.88 Å². The van der Waals surface area contributed by atoms with Crippen molar-refractivity contribution < 1.29 is 9.21 Å². The molecule has 2 aromatic heterocycles. The molecule has 3 N–H and O–H groups in total. The fraction of sp³-hybridized carbons (Fsp3) is 0.0769. The summed E-state index contributed by atoms with van der Waals surface area (Å²) in [4.78, 5) is 16.7. The molecule has 0 bridgehead atoms. The number of aryl methyl sites for hydroxylation is 1. The first-order valence-corrected chi connectivity index (χ1v) is 6.86. The van der Waals surface area contributed by atoms with Gasteiger partial charge in [0, 0.05) is 11.3 Å². The number of carbonyl (C=O) groups is 1. The Morgan fingerprint density at radius 2 is 2.10 bits per heavy atom. The summed E-state index contributed by atoms with van der Waals surface area (Å²) in [5.74, 6) is 0.200. The second-order valence-electron chi connectivity index (χ2n) is 4.24. The number of hydrogen-bond acceptors (Lipinski definition) is 7. The summed E-state index contributed by atoms with van der Waals surface area (Å²) >= 11 is 1.16. The summed E-state index contributed by atoms with van der Waals surface area (Å²) < 4.78 is 5.10. The van der Waals surface area contributed by atoms with Crippen molar-refractivity contribution in [3.63, 3.8) is 0 Å². The van der Waals surface area contributed by atoms with Crippen molar-refractivity contribution in [2.45, 2.75) is 6.92 Å². The fourth-order valence-electron chi connectivity index (χ4n) is 1.81. The summed E-state index contributed by atoms with van der Waals surface area (Å²) in [5, 5.41) is 10.6. The van der Waals surface area contributed by atoms with Crippen LogP contribution in [0.3, 0.4) is 0 Å². The highest BCUT2D eigenvalue weighted by Gasteiger charge is 2.14. The Balaban J connectivity index is 1.76. The van der Waals surface area contributed by atoms with Crippen LogP contribution in [0.2, 0.25) is 0 Å². The summed E-state index contributed by atoms with van der Waals surface area (Å²) in [6.45, 7) is 1.75. The van der Waals surface area contributed by atoms with Crippen molar-refractivity contribution in [3.8, 4) is 11.5 Å². The smallest absolute Gasteiger partial charge is 0.267 e. The Morgan fingerprint density at radius 1 is 1.33 bits per heavy atom. The van der Waals surface area contributed by atoms with Gasteiger partial charge in [-0.1, -0.05) is 11.3 Å². The maximum atomic E-state index is 12.1. The number of benzene rings is 1. The number of rotatable bonds is 3. The molecule has 0 saturated heterocycles. The number of anilines is 2. The van der Waals surface area contributed by atoms with Crippen LogP contribution in [0.15, 0.2) is 35.1 Å². The zero-order chi connectivity index (χ0) is 14.8. The van der Waals surface area contributed by atoms with E-state index in [-0.39, 0.29) is 5.91 Å². The molecule has 0 unspecified atom stereocenters. The highest BCUT2D eigenvalue weighted by atomic mass is 32.1. The molecule has 2 heterocycles. The number of aromatic nitrogens is 3. The largest absolute Gasteiger partial charge is 0.423 e. The Kier molecular flexibility index (Phi) is 3.36. The van der Waals surface area contributed by atoms with Crippen LogP contribution < -0.4 is 11.1 Å². The van der Waals surface area contributed by atoms with Crippen LogP contribution in [0.1, 0.15) is 15.4 Å². The maximum Gasteiger partial charge on any atom is 0.267 e. The minimum Gasteiger partial charge on any atom is -0.423 e. The normalized spacial score (nSPS) is 10.5. The lowest BCUT2D eigenvalue weighted by molar-refractivity contribution is 0.103. The Bertz CT molecular complexity index is 764. The molecule has 106 valence electrons. The molecule has 0 fully saturated rings. The van der Waals surface area contributed by atoms with Gasteiger partial charge in [0.25, 0.3) is 5.91 Å². The van der Waals surface area contributed by atoms with Crippen LogP contribution in [-0.4, -0.2) is 21.1 Å². The topological polar surface area (TPSA) is 107 Å². The molecule has 7 nitrogen and oxygen atoms in total. The van der Waals surface area contributed by atoms with E-state index < -0.39 is 0 Å². The molecule has 0 spiro atoms. The molecule has 1 amide bonds. The van der Waals surface area contributed by atoms with Crippen LogP contribution in [0, 0.1) is 6.92 Å². The van der Waals surface area contributed by atoms with Gasteiger partial charge in [0.15, 0.2) is 5.13 Å². The number of thiazole rings is 1. The van der Waals surface area contributed by atoms with Gasteiger partial charge in [-0.05, 0) is 31.2 Å². The third kappa shape index (κ3) is 2.75. The first-order valence-electron chi connectivity index (χ1n) is 6.04. The summed E-state index contributed by atoms with van der Waals surface area (Å²) in [6.07, 6.45) is 1.27.